The quantitative estimate of drug-likeness (QED) is 0.856. The molecule has 1 fully saturated rings. The van der Waals surface area contributed by atoms with Crippen LogP contribution in [-0.4, -0.2) is 45.9 Å². The normalized spacial score (nSPS) is 17.3. The highest BCUT2D eigenvalue weighted by atomic mass is 19.4. The zero-order valence-corrected chi connectivity index (χ0v) is 13.4. The van der Waals surface area contributed by atoms with Crippen LogP contribution in [0.4, 0.5) is 13.2 Å². The molecule has 3 heterocycles. The summed E-state index contributed by atoms with van der Waals surface area (Å²) >= 11 is 0. The van der Waals surface area contributed by atoms with E-state index in [9.17, 15) is 13.2 Å². The molecule has 3 rings (SSSR count). The molecular formula is C16H19F3N4O. The van der Waals surface area contributed by atoms with Crippen molar-refractivity contribution in [1.82, 2.24) is 19.8 Å². The van der Waals surface area contributed by atoms with Crippen LogP contribution in [0.15, 0.2) is 29.0 Å². The largest absolute Gasteiger partial charge is 0.449 e. The molecule has 1 aliphatic rings. The lowest BCUT2D eigenvalue weighted by molar-refractivity contribution is -0.141. The van der Waals surface area contributed by atoms with Crippen LogP contribution in [0.3, 0.4) is 0 Å². The Bertz CT molecular complexity index is 678. The number of nitrogens with zero attached hydrogens (tertiary/aromatic N) is 4. The minimum Gasteiger partial charge on any atom is -0.449 e. The van der Waals surface area contributed by atoms with Crippen molar-refractivity contribution in [1.29, 1.82) is 0 Å². The molecule has 0 N–H and O–H groups in total. The van der Waals surface area contributed by atoms with Crippen molar-refractivity contribution in [3.05, 3.63) is 47.4 Å². The topological polar surface area (TPSA) is 45.4 Å². The third-order valence-corrected chi connectivity index (χ3v) is 4.04. The highest BCUT2D eigenvalue weighted by Gasteiger charge is 2.32. The van der Waals surface area contributed by atoms with Crippen molar-refractivity contribution in [2.75, 3.05) is 26.2 Å². The highest BCUT2D eigenvalue weighted by Crippen LogP contribution is 2.28. The number of oxazole rings is 1. The van der Waals surface area contributed by atoms with Crippen molar-refractivity contribution >= 4 is 0 Å². The van der Waals surface area contributed by atoms with Gasteiger partial charge < -0.3 is 4.42 Å². The summed E-state index contributed by atoms with van der Waals surface area (Å²) in [5.74, 6) is 0.654. The monoisotopic (exact) mass is 340 g/mol. The summed E-state index contributed by atoms with van der Waals surface area (Å²) < 4.78 is 43.3. The molecule has 5 nitrogen and oxygen atoms in total. The van der Waals surface area contributed by atoms with Crippen LogP contribution >= 0.6 is 0 Å². The first kappa shape index (κ1) is 16.9. The van der Waals surface area contributed by atoms with E-state index in [0.717, 1.165) is 44.5 Å². The zero-order valence-electron chi connectivity index (χ0n) is 13.4. The van der Waals surface area contributed by atoms with Gasteiger partial charge in [0.2, 0.25) is 0 Å². The standard InChI is InChI=1S/C16H19F3N4O/c1-12-21-14(11-24-12)10-23-6-4-22(5-7-23)9-13-2-3-20-15(8-13)16(17,18)19/h2-3,8,11H,4-7,9-10H2,1H3. The number of hydrogen-bond donors (Lipinski definition) is 0. The van der Waals surface area contributed by atoms with E-state index in [2.05, 4.69) is 19.8 Å². The molecule has 0 atom stereocenters. The third-order valence-electron chi connectivity index (χ3n) is 4.04. The van der Waals surface area contributed by atoms with Crippen LogP contribution in [0.2, 0.25) is 0 Å². The molecular weight excluding hydrogens is 321 g/mol. The zero-order chi connectivity index (χ0) is 17.2. The number of alkyl halides is 3. The Morgan fingerprint density at radius 2 is 1.79 bits per heavy atom. The van der Waals surface area contributed by atoms with Crippen LogP contribution in [0.25, 0.3) is 0 Å². The maximum absolute atomic E-state index is 12.7. The SMILES string of the molecule is Cc1nc(CN2CCN(Cc3ccnc(C(F)(F)F)c3)CC2)co1. The molecule has 1 saturated heterocycles. The van der Waals surface area contributed by atoms with Crippen LogP contribution in [0, 0.1) is 6.92 Å². The summed E-state index contributed by atoms with van der Waals surface area (Å²) in [6, 6.07) is 2.77. The summed E-state index contributed by atoms with van der Waals surface area (Å²) in [6.07, 6.45) is -1.51. The van der Waals surface area contributed by atoms with E-state index in [1.165, 1.54) is 6.20 Å². The van der Waals surface area contributed by atoms with Gasteiger partial charge in [0.05, 0.1) is 5.69 Å². The molecule has 2 aromatic rings. The molecule has 0 unspecified atom stereocenters. The number of aromatic nitrogens is 2. The van der Waals surface area contributed by atoms with E-state index in [-0.39, 0.29) is 0 Å². The second-order valence-electron chi connectivity index (χ2n) is 5.96. The fourth-order valence-corrected chi connectivity index (χ4v) is 2.80. The van der Waals surface area contributed by atoms with E-state index < -0.39 is 11.9 Å². The van der Waals surface area contributed by atoms with Crippen LogP contribution in [0.1, 0.15) is 22.8 Å². The summed E-state index contributed by atoms with van der Waals surface area (Å²) in [6.45, 7) is 6.36. The van der Waals surface area contributed by atoms with Gasteiger partial charge in [-0.25, -0.2) is 4.98 Å². The summed E-state index contributed by atoms with van der Waals surface area (Å²) in [5, 5.41) is 0. The van der Waals surface area contributed by atoms with Gasteiger partial charge in [0, 0.05) is 52.4 Å². The average Bonchev–Trinajstić information content (AvgIpc) is 2.94. The van der Waals surface area contributed by atoms with Crippen molar-refractivity contribution in [2.24, 2.45) is 0 Å². The minimum absolute atomic E-state index is 0.502. The van der Waals surface area contributed by atoms with Gasteiger partial charge >= 0.3 is 6.18 Å². The predicted molar refractivity (Wildman–Crippen MR) is 81.0 cm³/mol. The fourth-order valence-electron chi connectivity index (χ4n) is 2.80. The molecule has 130 valence electrons. The second kappa shape index (κ2) is 6.90. The van der Waals surface area contributed by atoms with Crippen LogP contribution in [0.5, 0.6) is 0 Å². The molecule has 0 radical (unpaired) electrons. The van der Waals surface area contributed by atoms with Gasteiger partial charge in [0.25, 0.3) is 0 Å². The first-order valence-corrected chi connectivity index (χ1v) is 7.78. The number of rotatable bonds is 4. The molecule has 0 amide bonds. The van der Waals surface area contributed by atoms with Crippen molar-refractivity contribution in [2.45, 2.75) is 26.2 Å². The average molecular weight is 340 g/mol. The number of aryl methyl sites for hydroxylation is 1. The van der Waals surface area contributed by atoms with E-state index in [1.54, 1.807) is 12.3 Å². The summed E-state index contributed by atoms with van der Waals surface area (Å²) in [7, 11) is 0. The smallest absolute Gasteiger partial charge is 0.433 e. The molecule has 8 heteroatoms. The number of piperazine rings is 1. The predicted octanol–water partition coefficient (Wildman–Crippen LogP) is 2.71. The Morgan fingerprint density at radius 3 is 2.38 bits per heavy atom. The van der Waals surface area contributed by atoms with Crippen LogP contribution in [-0.2, 0) is 19.3 Å². The van der Waals surface area contributed by atoms with Gasteiger partial charge in [-0.15, -0.1) is 0 Å². The number of pyridine rings is 1. The van der Waals surface area contributed by atoms with Gasteiger partial charge in [-0.1, -0.05) is 0 Å². The van der Waals surface area contributed by atoms with E-state index in [4.69, 9.17) is 4.42 Å². The Hall–Kier alpha value is -1.93. The highest BCUT2D eigenvalue weighted by molar-refractivity contribution is 5.18. The number of hydrogen-bond acceptors (Lipinski definition) is 5. The van der Waals surface area contributed by atoms with Crippen molar-refractivity contribution < 1.29 is 17.6 Å². The molecule has 24 heavy (non-hydrogen) atoms. The fraction of sp³-hybridized carbons (Fsp3) is 0.500. The first-order valence-electron chi connectivity index (χ1n) is 7.78. The summed E-state index contributed by atoms with van der Waals surface area (Å²) in [4.78, 5) is 12.1. The lowest BCUT2D eigenvalue weighted by atomic mass is 10.2. The molecule has 0 bridgehead atoms. The molecule has 0 aliphatic carbocycles. The van der Waals surface area contributed by atoms with Gasteiger partial charge in [-0.3, -0.25) is 14.8 Å². The molecule has 0 spiro atoms. The molecule has 0 saturated carbocycles. The lowest BCUT2D eigenvalue weighted by Gasteiger charge is -2.34. The Balaban J connectivity index is 1.52. The van der Waals surface area contributed by atoms with E-state index >= 15 is 0 Å². The Morgan fingerprint density at radius 1 is 1.12 bits per heavy atom. The van der Waals surface area contributed by atoms with E-state index in [1.807, 2.05) is 6.92 Å². The number of halogens is 3. The maximum Gasteiger partial charge on any atom is 0.433 e. The lowest BCUT2D eigenvalue weighted by Crippen LogP contribution is -2.45. The molecule has 1 aliphatic heterocycles. The van der Waals surface area contributed by atoms with Gasteiger partial charge in [0.15, 0.2) is 5.89 Å². The summed E-state index contributed by atoms with van der Waals surface area (Å²) in [5.41, 5.74) is 0.711. The van der Waals surface area contributed by atoms with Crippen molar-refractivity contribution in [3.8, 4) is 0 Å². The van der Waals surface area contributed by atoms with Gasteiger partial charge in [-0.05, 0) is 17.7 Å². The van der Waals surface area contributed by atoms with Crippen molar-refractivity contribution in [3.63, 3.8) is 0 Å². The Kier molecular flexibility index (Phi) is 4.86. The second-order valence-corrected chi connectivity index (χ2v) is 5.96. The Labute approximate surface area is 138 Å². The molecule has 2 aromatic heterocycles. The van der Waals surface area contributed by atoms with Gasteiger partial charge in [-0.2, -0.15) is 13.2 Å². The maximum atomic E-state index is 12.7. The first-order chi connectivity index (χ1) is 11.4. The molecule has 0 aromatic carbocycles. The third kappa shape index (κ3) is 4.33. The van der Waals surface area contributed by atoms with E-state index in [0.29, 0.717) is 18.0 Å². The minimum atomic E-state index is -4.40. The van der Waals surface area contributed by atoms with Gasteiger partial charge in [0.1, 0.15) is 12.0 Å². The van der Waals surface area contributed by atoms with Crippen LogP contribution < -0.4 is 0 Å².